The van der Waals surface area contributed by atoms with Gasteiger partial charge in [0.25, 0.3) is 0 Å². The summed E-state index contributed by atoms with van der Waals surface area (Å²) in [5.74, 6) is -0.945. The van der Waals surface area contributed by atoms with Crippen LogP contribution in [-0.4, -0.2) is 16.1 Å². The Morgan fingerprint density at radius 2 is 2.06 bits per heavy atom. The summed E-state index contributed by atoms with van der Waals surface area (Å²) in [5.41, 5.74) is 1.90. The van der Waals surface area contributed by atoms with Crippen LogP contribution in [0.15, 0.2) is 36.4 Å². The third-order valence-corrected chi connectivity index (χ3v) is 3.40. The molecule has 0 atom stereocenters. The van der Waals surface area contributed by atoms with Gasteiger partial charge in [-0.25, -0.2) is 9.78 Å². The summed E-state index contributed by atoms with van der Waals surface area (Å²) in [6.45, 7) is 1.88. The molecule has 0 radical (unpaired) electrons. The van der Waals surface area contributed by atoms with Gasteiger partial charge in [0.1, 0.15) is 5.01 Å². The Labute approximate surface area is 103 Å². The first-order valence-electron chi connectivity index (χ1n) is 5.10. The highest BCUT2D eigenvalue weighted by molar-refractivity contribution is 7.16. The number of aryl methyl sites for hydroxylation is 1. The van der Waals surface area contributed by atoms with Crippen LogP contribution in [0.1, 0.15) is 10.6 Å². The third-order valence-electron chi connectivity index (χ3n) is 2.23. The van der Waals surface area contributed by atoms with Crippen LogP contribution < -0.4 is 0 Å². The molecule has 17 heavy (non-hydrogen) atoms. The van der Waals surface area contributed by atoms with Crippen LogP contribution in [0.5, 0.6) is 0 Å². The zero-order valence-corrected chi connectivity index (χ0v) is 10.1. The van der Waals surface area contributed by atoms with Crippen molar-refractivity contribution in [2.75, 3.05) is 0 Å². The van der Waals surface area contributed by atoms with E-state index in [-0.39, 0.29) is 0 Å². The number of thiazole rings is 1. The number of benzene rings is 1. The highest BCUT2D eigenvalue weighted by Gasteiger charge is 2.06. The quantitative estimate of drug-likeness (QED) is 0.845. The Kier molecular flexibility index (Phi) is 3.35. The maximum Gasteiger partial charge on any atom is 0.328 e. The molecule has 0 spiro atoms. The van der Waals surface area contributed by atoms with E-state index in [1.165, 1.54) is 11.3 Å². The highest BCUT2D eigenvalue weighted by atomic mass is 32.1. The number of carboxylic acids is 1. The summed E-state index contributed by atoms with van der Waals surface area (Å²) in [7, 11) is 0. The van der Waals surface area contributed by atoms with Crippen molar-refractivity contribution in [3.05, 3.63) is 47.0 Å². The molecule has 0 saturated carbocycles. The molecule has 4 heteroatoms. The molecule has 86 valence electrons. The summed E-state index contributed by atoms with van der Waals surface area (Å²) in [5, 5.41) is 9.50. The largest absolute Gasteiger partial charge is 0.478 e. The Hall–Kier alpha value is -1.94. The van der Waals surface area contributed by atoms with E-state index in [1.54, 1.807) is 6.08 Å². The maximum atomic E-state index is 10.5. The number of rotatable bonds is 3. The zero-order chi connectivity index (χ0) is 12.3. The molecule has 2 aromatic rings. The summed E-state index contributed by atoms with van der Waals surface area (Å²) in [4.78, 5) is 15.8. The molecule has 0 fully saturated rings. The minimum atomic E-state index is -0.945. The standard InChI is InChI=1S/C13H11NO2S/c1-9-11(7-8-12(15)16)17-13(14-9)10-5-3-2-4-6-10/h2-8H,1H3,(H,15,16). The van der Waals surface area contributed by atoms with Crippen molar-refractivity contribution in [2.24, 2.45) is 0 Å². The predicted molar refractivity (Wildman–Crippen MR) is 69.0 cm³/mol. The number of hydrogen-bond acceptors (Lipinski definition) is 3. The van der Waals surface area contributed by atoms with Crippen LogP contribution in [0.25, 0.3) is 16.6 Å². The molecule has 2 rings (SSSR count). The fourth-order valence-corrected chi connectivity index (χ4v) is 2.39. The summed E-state index contributed by atoms with van der Waals surface area (Å²) in [6, 6.07) is 9.85. The summed E-state index contributed by atoms with van der Waals surface area (Å²) < 4.78 is 0. The SMILES string of the molecule is Cc1nc(-c2ccccc2)sc1C=CC(=O)O. The van der Waals surface area contributed by atoms with Crippen LogP contribution in [0, 0.1) is 6.92 Å². The van der Waals surface area contributed by atoms with E-state index < -0.39 is 5.97 Å². The molecule has 3 nitrogen and oxygen atoms in total. The lowest BCUT2D eigenvalue weighted by molar-refractivity contribution is -0.131. The minimum Gasteiger partial charge on any atom is -0.478 e. The van der Waals surface area contributed by atoms with Gasteiger partial charge in [-0.1, -0.05) is 30.3 Å². The first-order chi connectivity index (χ1) is 8.16. The second-order valence-electron chi connectivity index (χ2n) is 3.51. The van der Waals surface area contributed by atoms with Gasteiger partial charge in [0.05, 0.1) is 10.6 Å². The van der Waals surface area contributed by atoms with E-state index in [4.69, 9.17) is 5.11 Å². The molecule has 1 heterocycles. The molecule has 0 saturated heterocycles. The zero-order valence-electron chi connectivity index (χ0n) is 9.25. The Morgan fingerprint density at radius 3 is 2.71 bits per heavy atom. The molecule has 0 aliphatic rings. The van der Waals surface area contributed by atoms with Crippen molar-refractivity contribution in [3.8, 4) is 10.6 Å². The van der Waals surface area contributed by atoms with Crippen LogP contribution in [0.2, 0.25) is 0 Å². The first kappa shape index (κ1) is 11.5. The Bertz CT molecular complexity index is 558. The highest BCUT2D eigenvalue weighted by Crippen LogP contribution is 2.28. The molecule has 0 aliphatic carbocycles. The average molecular weight is 245 g/mol. The van der Waals surface area contributed by atoms with Crippen LogP contribution in [0.4, 0.5) is 0 Å². The van der Waals surface area contributed by atoms with E-state index in [0.29, 0.717) is 0 Å². The molecule has 0 bridgehead atoms. The molecular weight excluding hydrogens is 234 g/mol. The van der Waals surface area contributed by atoms with Crippen molar-refractivity contribution in [1.29, 1.82) is 0 Å². The van der Waals surface area contributed by atoms with E-state index in [1.807, 2.05) is 37.3 Å². The van der Waals surface area contributed by atoms with Crippen LogP contribution in [0.3, 0.4) is 0 Å². The molecule has 1 aromatic carbocycles. The van der Waals surface area contributed by atoms with Crippen molar-refractivity contribution in [1.82, 2.24) is 4.98 Å². The summed E-state index contributed by atoms with van der Waals surface area (Å²) in [6.07, 6.45) is 2.72. The lowest BCUT2D eigenvalue weighted by Gasteiger charge is -1.92. The Balaban J connectivity index is 2.34. The van der Waals surface area contributed by atoms with Gasteiger partial charge < -0.3 is 5.11 Å². The van der Waals surface area contributed by atoms with Crippen LogP contribution in [-0.2, 0) is 4.79 Å². The number of carbonyl (C=O) groups is 1. The van der Waals surface area contributed by atoms with Crippen LogP contribution >= 0.6 is 11.3 Å². The number of aromatic nitrogens is 1. The average Bonchev–Trinajstić information content (AvgIpc) is 2.69. The van der Waals surface area contributed by atoms with Gasteiger partial charge in [-0.2, -0.15) is 0 Å². The summed E-state index contributed by atoms with van der Waals surface area (Å²) >= 11 is 1.49. The third kappa shape index (κ3) is 2.79. The van der Waals surface area contributed by atoms with Gasteiger partial charge in [0.15, 0.2) is 0 Å². The number of aliphatic carboxylic acids is 1. The van der Waals surface area contributed by atoms with Crippen molar-refractivity contribution in [2.45, 2.75) is 6.92 Å². The van der Waals surface area contributed by atoms with Gasteiger partial charge in [0.2, 0.25) is 0 Å². The van der Waals surface area contributed by atoms with Gasteiger partial charge >= 0.3 is 5.97 Å². The topological polar surface area (TPSA) is 50.2 Å². The first-order valence-corrected chi connectivity index (χ1v) is 5.92. The molecule has 1 aromatic heterocycles. The van der Waals surface area contributed by atoms with Gasteiger partial charge in [-0.05, 0) is 13.0 Å². The number of nitrogens with zero attached hydrogens (tertiary/aromatic N) is 1. The monoisotopic (exact) mass is 245 g/mol. The predicted octanol–water partition coefficient (Wildman–Crippen LogP) is 3.22. The smallest absolute Gasteiger partial charge is 0.328 e. The van der Waals surface area contributed by atoms with E-state index in [2.05, 4.69) is 4.98 Å². The maximum absolute atomic E-state index is 10.5. The van der Waals surface area contributed by atoms with E-state index in [0.717, 1.165) is 27.2 Å². The lowest BCUT2D eigenvalue weighted by atomic mass is 10.2. The second kappa shape index (κ2) is 4.93. The van der Waals surface area contributed by atoms with Crippen molar-refractivity contribution in [3.63, 3.8) is 0 Å². The van der Waals surface area contributed by atoms with Crippen molar-refractivity contribution < 1.29 is 9.90 Å². The molecule has 0 unspecified atom stereocenters. The Morgan fingerprint density at radius 1 is 1.35 bits per heavy atom. The van der Waals surface area contributed by atoms with E-state index in [9.17, 15) is 4.79 Å². The second-order valence-corrected chi connectivity index (χ2v) is 4.54. The fourth-order valence-electron chi connectivity index (χ4n) is 1.41. The molecule has 0 aliphatic heterocycles. The molecular formula is C13H11NO2S. The van der Waals surface area contributed by atoms with E-state index >= 15 is 0 Å². The van der Waals surface area contributed by atoms with Gasteiger partial charge in [-0.3, -0.25) is 0 Å². The van der Waals surface area contributed by atoms with Gasteiger partial charge in [0, 0.05) is 11.6 Å². The fraction of sp³-hybridized carbons (Fsp3) is 0.0769. The molecule has 0 amide bonds. The number of carboxylic acid groups (broad SMARTS) is 1. The molecule has 1 N–H and O–H groups in total. The van der Waals surface area contributed by atoms with Crippen molar-refractivity contribution >= 4 is 23.4 Å². The van der Waals surface area contributed by atoms with Gasteiger partial charge in [-0.15, -0.1) is 11.3 Å². The normalized spacial score (nSPS) is 10.9. The lowest BCUT2D eigenvalue weighted by Crippen LogP contribution is -1.85. The minimum absolute atomic E-state index is 0.853. The number of hydrogen-bond donors (Lipinski definition) is 1.